The molecule has 0 unspecified atom stereocenters. The molecule has 4 rings (SSSR count). The molecule has 0 atom stereocenters. The third kappa shape index (κ3) is 2.99. The van der Waals surface area contributed by atoms with Gasteiger partial charge in [0.1, 0.15) is 0 Å². The molecule has 0 bridgehead atoms. The van der Waals surface area contributed by atoms with Gasteiger partial charge in [0.15, 0.2) is 5.69 Å². The van der Waals surface area contributed by atoms with E-state index in [0.717, 1.165) is 0 Å². The molecule has 8 heteroatoms. The van der Waals surface area contributed by atoms with E-state index < -0.39 is 0 Å². The number of carbonyl (C=O) groups excluding carboxylic acids is 2. The highest BCUT2D eigenvalue weighted by Crippen LogP contribution is 2.27. The number of nitrogens with one attached hydrogen (secondary N) is 1. The van der Waals surface area contributed by atoms with E-state index in [-0.39, 0.29) is 17.9 Å². The molecule has 8 nitrogen and oxygen atoms in total. The molecule has 1 aliphatic heterocycles. The highest BCUT2D eigenvalue weighted by Gasteiger charge is 2.33. The van der Waals surface area contributed by atoms with Crippen molar-refractivity contribution in [2.24, 2.45) is 5.92 Å². The van der Waals surface area contributed by atoms with Crippen LogP contribution < -0.4 is 5.32 Å². The van der Waals surface area contributed by atoms with Crippen molar-refractivity contribution in [3.05, 3.63) is 42.0 Å². The molecule has 2 fully saturated rings. The standard InChI is InChI=1S/C16H18N6O2/c23-15(18-7-11-1-2-11)14-10-22(20-19-14)13-8-21(9-13)16(24)12-3-5-17-6-4-12/h3-6,10-11,13H,1-2,7-9H2,(H,18,23). The van der Waals surface area contributed by atoms with E-state index in [9.17, 15) is 9.59 Å². The van der Waals surface area contributed by atoms with Gasteiger partial charge in [0.05, 0.1) is 12.2 Å². The van der Waals surface area contributed by atoms with Crippen molar-refractivity contribution in [2.75, 3.05) is 19.6 Å². The summed E-state index contributed by atoms with van der Waals surface area (Å²) in [4.78, 5) is 29.9. The van der Waals surface area contributed by atoms with Crippen molar-refractivity contribution in [3.8, 4) is 0 Å². The summed E-state index contributed by atoms with van der Waals surface area (Å²) < 4.78 is 1.67. The number of hydrogen-bond donors (Lipinski definition) is 1. The van der Waals surface area contributed by atoms with Gasteiger partial charge in [0.25, 0.3) is 11.8 Å². The molecule has 3 heterocycles. The van der Waals surface area contributed by atoms with Crippen LogP contribution in [0.5, 0.6) is 0 Å². The smallest absolute Gasteiger partial charge is 0.273 e. The SMILES string of the molecule is O=C(NCC1CC1)c1cn(C2CN(C(=O)c3ccncc3)C2)nn1. The molecule has 0 aromatic carbocycles. The number of nitrogens with zero attached hydrogens (tertiary/aromatic N) is 5. The first-order chi connectivity index (χ1) is 11.7. The lowest BCUT2D eigenvalue weighted by molar-refractivity contribution is 0.0498. The number of amides is 2. The second kappa shape index (κ2) is 6.03. The Hall–Kier alpha value is -2.77. The van der Waals surface area contributed by atoms with E-state index >= 15 is 0 Å². The zero-order valence-corrected chi connectivity index (χ0v) is 13.1. The largest absolute Gasteiger partial charge is 0.350 e. The van der Waals surface area contributed by atoms with E-state index in [1.807, 2.05) is 0 Å². The van der Waals surface area contributed by atoms with Crippen LogP contribution in [0.2, 0.25) is 0 Å². The fourth-order valence-corrected chi connectivity index (χ4v) is 2.67. The van der Waals surface area contributed by atoms with Gasteiger partial charge < -0.3 is 10.2 Å². The second-order valence-electron chi connectivity index (χ2n) is 6.34. The zero-order valence-electron chi connectivity index (χ0n) is 13.1. The number of carbonyl (C=O) groups is 2. The van der Waals surface area contributed by atoms with Crippen LogP contribution >= 0.6 is 0 Å². The Kier molecular flexibility index (Phi) is 3.72. The van der Waals surface area contributed by atoms with Gasteiger partial charge in [-0.25, -0.2) is 4.68 Å². The fourth-order valence-electron chi connectivity index (χ4n) is 2.67. The average Bonchev–Trinajstić information content (AvgIpc) is 3.28. The maximum Gasteiger partial charge on any atom is 0.273 e. The van der Waals surface area contributed by atoms with Crippen LogP contribution in [0.15, 0.2) is 30.7 Å². The minimum Gasteiger partial charge on any atom is -0.350 e. The van der Waals surface area contributed by atoms with Crippen molar-refractivity contribution >= 4 is 11.8 Å². The molecule has 2 aromatic heterocycles. The number of aromatic nitrogens is 4. The van der Waals surface area contributed by atoms with Crippen molar-refractivity contribution < 1.29 is 9.59 Å². The molecule has 2 aromatic rings. The summed E-state index contributed by atoms with van der Waals surface area (Å²) in [6, 6.07) is 3.47. The van der Waals surface area contributed by atoms with Gasteiger partial charge in [-0.15, -0.1) is 5.10 Å². The lowest BCUT2D eigenvalue weighted by atomic mass is 10.1. The highest BCUT2D eigenvalue weighted by molar-refractivity contribution is 5.94. The van der Waals surface area contributed by atoms with Crippen molar-refractivity contribution in [2.45, 2.75) is 18.9 Å². The molecule has 2 aliphatic rings. The van der Waals surface area contributed by atoms with Crippen LogP contribution in [0.25, 0.3) is 0 Å². The molecule has 124 valence electrons. The van der Waals surface area contributed by atoms with Crippen LogP contribution in [-0.4, -0.2) is 56.3 Å². The van der Waals surface area contributed by atoms with E-state index in [0.29, 0.717) is 36.8 Å². The van der Waals surface area contributed by atoms with Gasteiger partial charge in [-0.1, -0.05) is 5.21 Å². The number of likely N-dealkylation sites (tertiary alicyclic amines) is 1. The molecular weight excluding hydrogens is 308 g/mol. The first-order valence-corrected chi connectivity index (χ1v) is 8.10. The quantitative estimate of drug-likeness (QED) is 0.864. The molecule has 1 saturated heterocycles. The summed E-state index contributed by atoms with van der Waals surface area (Å²) in [5.74, 6) is 0.428. The predicted octanol–water partition coefficient (Wildman–Crippen LogP) is 0.510. The van der Waals surface area contributed by atoms with Crippen molar-refractivity contribution in [1.29, 1.82) is 0 Å². The molecule has 24 heavy (non-hydrogen) atoms. The van der Waals surface area contributed by atoms with Gasteiger partial charge in [-0.3, -0.25) is 14.6 Å². The maximum atomic E-state index is 12.3. The minimum absolute atomic E-state index is 0.0174. The Morgan fingerprint density at radius 2 is 1.96 bits per heavy atom. The van der Waals surface area contributed by atoms with E-state index in [2.05, 4.69) is 20.6 Å². The molecular formula is C16H18N6O2. The summed E-state index contributed by atoms with van der Waals surface area (Å²) >= 11 is 0. The number of pyridine rings is 1. The first kappa shape index (κ1) is 14.8. The molecule has 0 spiro atoms. The Bertz CT molecular complexity index is 749. The van der Waals surface area contributed by atoms with Gasteiger partial charge in [-0.05, 0) is 30.9 Å². The molecule has 1 saturated carbocycles. The third-order valence-electron chi connectivity index (χ3n) is 4.44. The van der Waals surface area contributed by atoms with Crippen molar-refractivity contribution in [1.82, 2.24) is 30.2 Å². The Labute approximate surface area is 138 Å². The van der Waals surface area contributed by atoms with Gasteiger partial charge in [-0.2, -0.15) is 0 Å². The van der Waals surface area contributed by atoms with Crippen LogP contribution in [0.1, 0.15) is 39.7 Å². The van der Waals surface area contributed by atoms with Crippen LogP contribution in [0.4, 0.5) is 0 Å². The van der Waals surface area contributed by atoms with Gasteiger partial charge in [0, 0.05) is 37.6 Å². The molecule has 1 aliphatic carbocycles. The van der Waals surface area contributed by atoms with E-state index in [1.54, 1.807) is 40.3 Å². The molecule has 1 N–H and O–H groups in total. The van der Waals surface area contributed by atoms with Gasteiger partial charge >= 0.3 is 0 Å². The number of hydrogen-bond acceptors (Lipinski definition) is 5. The first-order valence-electron chi connectivity index (χ1n) is 8.10. The summed E-state index contributed by atoms with van der Waals surface area (Å²) in [6.45, 7) is 1.84. The summed E-state index contributed by atoms with van der Waals surface area (Å²) in [5, 5.41) is 10.8. The third-order valence-corrected chi connectivity index (χ3v) is 4.44. The Balaban J connectivity index is 1.32. The van der Waals surface area contributed by atoms with Gasteiger partial charge in [0.2, 0.25) is 0 Å². The van der Waals surface area contributed by atoms with Crippen LogP contribution in [0, 0.1) is 5.92 Å². The summed E-state index contributed by atoms with van der Waals surface area (Å²) in [7, 11) is 0. The average molecular weight is 326 g/mol. The van der Waals surface area contributed by atoms with Crippen LogP contribution in [-0.2, 0) is 0 Å². The molecule has 0 radical (unpaired) electrons. The number of rotatable bonds is 5. The Morgan fingerprint density at radius 3 is 2.67 bits per heavy atom. The van der Waals surface area contributed by atoms with E-state index in [4.69, 9.17) is 0 Å². The second-order valence-corrected chi connectivity index (χ2v) is 6.34. The normalized spacial score (nSPS) is 17.4. The van der Waals surface area contributed by atoms with E-state index in [1.165, 1.54) is 12.8 Å². The lowest BCUT2D eigenvalue weighted by Crippen LogP contribution is -2.50. The lowest BCUT2D eigenvalue weighted by Gasteiger charge is -2.38. The highest BCUT2D eigenvalue weighted by atomic mass is 16.2. The summed E-state index contributed by atoms with van der Waals surface area (Å²) in [6.07, 6.45) is 7.25. The Morgan fingerprint density at radius 1 is 1.21 bits per heavy atom. The maximum absolute atomic E-state index is 12.3. The van der Waals surface area contributed by atoms with Crippen molar-refractivity contribution in [3.63, 3.8) is 0 Å². The zero-order chi connectivity index (χ0) is 16.5. The monoisotopic (exact) mass is 326 g/mol. The van der Waals surface area contributed by atoms with Crippen LogP contribution in [0.3, 0.4) is 0 Å². The topological polar surface area (TPSA) is 93.0 Å². The minimum atomic E-state index is -0.183. The molecule has 2 amide bonds. The predicted molar refractivity (Wildman–Crippen MR) is 84.3 cm³/mol. The summed E-state index contributed by atoms with van der Waals surface area (Å²) in [5.41, 5.74) is 0.955. The fraction of sp³-hybridized carbons (Fsp3) is 0.438.